The first-order chi connectivity index (χ1) is 19.1. The first kappa shape index (κ1) is 30.1. The number of nitrogens with one attached hydrogen (secondary N) is 4. The number of aryl methyl sites for hydroxylation is 1. The molecule has 11 nitrogen and oxygen atoms in total. The minimum Gasteiger partial charge on any atom is -0.339 e. The summed E-state index contributed by atoms with van der Waals surface area (Å²) in [6.07, 6.45) is 2.29. The monoisotopic (exact) mass is 590 g/mol. The molecule has 0 atom stereocenters. The summed E-state index contributed by atoms with van der Waals surface area (Å²) < 4.78 is 60.2. The molecular formula is C27H32F2N6O5S. The van der Waals surface area contributed by atoms with Crippen molar-refractivity contribution >= 4 is 33.4 Å². The fourth-order valence-corrected chi connectivity index (χ4v) is 4.96. The van der Waals surface area contributed by atoms with Crippen molar-refractivity contribution in [1.29, 1.82) is 0 Å². The van der Waals surface area contributed by atoms with E-state index in [0.29, 0.717) is 18.4 Å². The normalized spacial score (nSPS) is 13.6. The maximum absolute atomic E-state index is 15.3. The average Bonchev–Trinajstić information content (AvgIpc) is 3.68. The van der Waals surface area contributed by atoms with Gasteiger partial charge in [-0.25, -0.2) is 19.2 Å². The van der Waals surface area contributed by atoms with Gasteiger partial charge in [0, 0.05) is 31.3 Å². The van der Waals surface area contributed by atoms with Crippen molar-refractivity contribution < 1.29 is 26.8 Å². The zero-order valence-electron chi connectivity index (χ0n) is 23.3. The van der Waals surface area contributed by atoms with Crippen LogP contribution in [0.25, 0.3) is 0 Å². The van der Waals surface area contributed by atoms with E-state index in [9.17, 15) is 22.4 Å². The maximum atomic E-state index is 15.3. The van der Waals surface area contributed by atoms with Crippen LogP contribution in [0, 0.1) is 18.6 Å². The fourth-order valence-electron chi connectivity index (χ4n) is 3.83. The largest absolute Gasteiger partial charge is 0.339 e. The third-order valence-electron chi connectivity index (χ3n) is 6.04. The van der Waals surface area contributed by atoms with Crippen LogP contribution in [-0.2, 0) is 28.5 Å². The van der Waals surface area contributed by atoms with Crippen LogP contribution in [0.4, 0.5) is 26.1 Å². The summed E-state index contributed by atoms with van der Waals surface area (Å²) >= 11 is 0. The third kappa shape index (κ3) is 7.65. The average molecular weight is 591 g/mol. The summed E-state index contributed by atoms with van der Waals surface area (Å²) in [5.74, 6) is -2.85. The lowest BCUT2D eigenvalue weighted by Gasteiger charge is -2.21. The second-order valence-corrected chi connectivity index (χ2v) is 12.3. The van der Waals surface area contributed by atoms with E-state index in [0.717, 1.165) is 4.57 Å². The molecule has 4 rings (SSSR count). The fraction of sp³-hybridized carbons (Fsp3) is 0.370. The Kier molecular flexibility index (Phi) is 8.47. The van der Waals surface area contributed by atoms with Crippen molar-refractivity contribution in [1.82, 2.24) is 19.8 Å². The van der Waals surface area contributed by atoms with E-state index in [1.807, 2.05) is 0 Å². The van der Waals surface area contributed by atoms with E-state index in [2.05, 4.69) is 25.2 Å². The number of rotatable bonds is 10. The van der Waals surface area contributed by atoms with E-state index in [1.165, 1.54) is 37.5 Å². The molecule has 1 aromatic carbocycles. The van der Waals surface area contributed by atoms with E-state index in [1.54, 1.807) is 33.8 Å². The number of hydrogen-bond donors (Lipinski definition) is 4. The summed E-state index contributed by atoms with van der Waals surface area (Å²) in [7, 11) is -2.67. The van der Waals surface area contributed by atoms with Crippen molar-refractivity contribution in [3.05, 3.63) is 80.8 Å². The predicted octanol–water partition coefficient (Wildman–Crippen LogP) is 3.57. The lowest BCUT2D eigenvalue weighted by Crippen LogP contribution is -2.35. The molecule has 2 aromatic heterocycles. The quantitative estimate of drug-likeness (QED) is 0.264. The molecule has 3 aromatic rings. The summed E-state index contributed by atoms with van der Waals surface area (Å²) in [5.41, 5.74) is 1.61. The van der Waals surface area contributed by atoms with Gasteiger partial charge in [-0.3, -0.25) is 23.7 Å². The van der Waals surface area contributed by atoms with Crippen LogP contribution in [0.2, 0.25) is 0 Å². The molecule has 1 amide bonds. The highest BCUT2D eigenvalue weighted by Gasteiger charge is 2.28. The highest BCUT2D eigenvalue weighted by Crippen LogP contribution is 2.26. The Hall–Kier alpha value is -3.88. The highest BCUT2D eigenvalue weighted by atomic mass is 32.2. The van der Waals surface area contributed by atoms with Gasteiger partial charge in [0.2, 0.25) is 0 Å². The zero-order valence-corrected chi connectivity index (χ0v) is 24.1. The van der Waals surface area contributed by atoms with Gasteiger partial charge in [-0.05, 0) is 75.9 Å². The first-order valence-corrected chi connectivity index (χ1v) is 14.3. The van der Waals surface area contributed by atoms with Crippen molar-refractivity contribution in [2.45, 2.75) is 58.6 Å². The summed E-state index contributed by atoms with van der Waals surface area (Å²) in [5, 5.41) is 2.82. The Labute approximate surface area is 236 Å². The third-order valence-corrected chi connectivity index (χ3v) is 7.15. The molecule has 0 saturated heterocycles. The Morgan fingerprint density at radius 1 is 1.15 bits per heavy atom. The molecule has 220 valence electrons. The Morgan fingerprint density at radius 2 is 1.85 bits per heavy atom. The minimum atomic E-state index is -4.05. The summed E-state index contributed by atoms with van der Waals surface area (Å²) in [6, 6.07) is 6.81. The predicted molar refractivity (Wildman–Crippen MR) is 150 cm³/mol. The van der Waals surface area contributed by atoms with Gasteiger partial charge in [-0.15, -0.1) is 0 Å². The smallest absolute Gasteiger partial charge is 0.300 e. The molecule has 1 saturated carbocycles. The van der Waals surface area contributed by atoms with Crippen LogP contribution in [0.3, 0.4) is 0 Å². The number of hydroxylamine groups is 1. The molecular weight excluding hydrogens is 558 g/mol. The number of halogens is 2. The van der Waals surface area contributed by atoms with Crippen molar-refractivity contribution in [3.8, 4) is 0 Å². The number of aromatic nitrogens is 2. The maximum Gasteiger partial charge on any atom is 0.300 e. The van der Waals surface area contributed by atoms with E-state index >= 15 is 4.39 Å². The van der Waals surface area contributed by atoms with Gasteiger partial charge in [0.05, 0.1) is 16.9 Å². The number of anilines is 3. The van der Waals surface area contributed by atoms with Crippen LogP contribution >= 0.6 is 0 Å². The van der Waals surface area contributed by atoms with Gasteiger partial charge < -0.3 is 5.32 Å². The number of nitrogens with zero attached hydrogens (tertiary/aromatic N) is 2. The number of benzene rings is 1. The van der Waals surface area contributed by atoms with Gasteiger partial charge in [-0.1, -0.05) is 6.07 Å². The van der Waals surface area contributed by atoms with Crippen LogP contribution in [0.5, 0.6) is 0 Å². The topological polar surface area (TPSA) is 143 Å². The zero-order chi connectivity index (χ0) is 30.1. The standard InChI is InChI=1S/C27H32F2N6O5S/c1-15-6-9-21(20(28)12-15)31-24-19(25(36)32-40-27(2,3)4)14-17(26(37)35(24)5)13-16-10-11-30-23(22(16)29)34-41(38,39)33-18-7-8-18/h6,9-12,14,18,31,33H,7-8,13H2,1-5H3,(H,30,34)(H,32,36). The van der Waals surface area contributed by atoms with Crippen LogP contribution in [-0.4, -0.2) is 35.5 Å². The Morgan fingerprint density at radius 3 is 2.49 bits per heavy atom. The lowest BCUT2D eigenvalue weighted by molar-refractivity contribution is -0.0589. The van der Waals surface area contributed by atoms with Gasteiger partial charge >= 0.3 is 10.2 Å². The molecule has 0 aliphatic heterocycles. The van der Waals surface area contributed by atoms with Crippen molar-refractivity contribution in [2.75, 3.05) is 10.0 Å². The minimum absolute atomic E-state index is 0.0124. The second-order valence-electron chi connectivity index (χ2n) is 10.9. The van der Waals surface area contributed by atoms with E-state index < -0.39 is 44.7 Å². The Bertz CT molecular complexity index is 1650. The van der Waals surface area contributed by atoms with E-state index in [-0.39, 0.29) is 40.7 Å². The van der Waals surface area contributed by atoms with Crippen LogP contribution < -0.4 is 25.8 Å². The molecule has 0 radical (unpaired) electrons. The van der Waals surface area contributed by atoms with Crippen molar-refractivity contribution in [3.63, 3.8) is 0 Å². The molecule has 0 spiro atoms. The van der Waals surface area contributed by atoms with Gasteiger partial charge in [-0.2, -0.15) is 13.1 Å². The number of carbonyl (C=O) groups excluding carboxylic acids is 1. The van der Waals surface area contributed by atoms with Gasteiger partial charge in [0.15, 0.2) is 11.6 Å². The number of pyridine rings is 2. The summed E-state index contributed by atoms with van der Waals surface area (Å²) in [6.45, 7) is 6.88. The first-order valence-electron chi connectivity index (χ1n) is 12.8. The summed E-state index contributed by atoms with van der Waals surface area (Å²) in [4.78, 5) is 35.8. The number of carbonyl (C=O) groups is 1. The lowest BCUT2D eigenvalue weighted by atomic mass is 10.0. The Balaban J connectivity index is 1.72. The molecule has 4 N–H and O–H groups in total. The number of amides is 1. The van der Waals surface area contributed by atoms with Gasteiger partial charge in [0.1, 0.15) is 11.6 Å². The molecule has 1 aliphatic rings. The van der Waals surface area contributed by atoms with E-state index in [4.69, 9.17) is 4.84 Å². The van der Waals surface area contributed by atoms with Crippen molar-refractivity contribution in [2.24, 2.45) is 7.05 Å². The number of hydrogen-bond acceptors (Lipinski definition) is 7. The molecule has 0 unspecified atom stereocenters. The molecule has 2 heterocycles. The molecule has 14 heteroatoms. The molecule has 1 fully saturated rings. The molecule has 1 aliphatic carbocycles. The highest BCUT2D eigenvalue weighted by molar-refractivity contribution is 7.90. The molecule has 41 heavy (non-hydrogen) atoms. The van der Waals surface area contributed by atoms with Crippen LogP contribution in [0.15, 0.2) is 41.3 Å². The van der Waals surface area contributed by atoms with Crippen LogP contribution in [0.1, 0.15) is 60.7 Å². The van der Waals surface area contributed by atoms with Gasteiger partial charge in [0.25, 0.3) is 11.5 Å². The molecule has 0 bridgehead atoms. The SMILES string of the molecule is Cc1ccc(Nc2c(C(=O)NOC(C)(C)C)cc(Cc3ccnc(NS(=O)(=O)NC4CC4)c3F)c(=O)n2C)c(F)c1. The second kappa shape index (κ2) is 11.5.